The second kappa shape index (κ2) is 8.97. The maximum Gasteiger partial charge on any atom is 0.257 e. The van der Waals surface area contributed by atoms with Crippen molar-refractivity contribution in [2.24, 2.45) is 0 Å². The molecule has 148 valence electrons. The standard InChI is InChI=1S/C22H20FN3O3/c1-14(2)29-20-9-7-19(8-10-20)26-22(28)16-11-15(12-24-13-16)21(27)25-18-5-3-17(23)4-6-18/h3-14H,1-2H3,(H,25,27)(H,26,28). The molecular weight excluding hydrogens is 373 g/mol. The number of rotatable bonds is 6. The molecule has 0 atom stereocenters. The van der Waals surface area contributed by atoms with Gasteiger partial charge in [-0.1, -0.05) is 0 Å². The molecule has 3 aromatic rings. The molecule has 0 saturated heterocycles. The highest BCUT2D eigenvalue weighted by atomic mass is 19.1. The van der Waals surface area contributed by atoms with Crippen LogP contribution >= 0.6 is 0 Å². The molecule has 1 aromatic heterocycles. The molecule has 6 nitrogen and oxygen atoms in total. The largest absolute Gasteiger partial charge is 0.491 e. The number of nitrogens with one attached hydrogen (secondary N) is 2. The van der Waals surface area contributed by atoms with Gasteiger partial charge in [-0.2, -0.15) is 0 Å². The molecule has 29 heavy (non-hydrogen) atoms. The van der Waals surface area contributed by atoms with E-state index in [9.17, 15) is 14.0 Å². The maximum absolute atomic E-state index is 13.0. The Hall–Kier alpha value is -3.74. The van der Waals surface area contributed by atoms with Crippen LogP contribution in [-0.4, -0.2) is 22.9 Å². The van der Waals surface area contributed by atoms with Gasteiger partial charge in [0, 0.05) is 23.8 Å². The minimum absolute atomic E-state index is 0.0605. The molecule has 0 spiro atoms. The first-order chi connectivity index (χ1) is 13.9. The predicted octanol–water partition coefficient (Wildman–Crippen LogP) is 4.51. The van der Waals surface area contributed by atoms with Gasteiger partial charge >= 0.3 is 0 Å². The van der Waals surface area contributed by atoms with E-state index in [2.05, 4.69) is 15.6 Å². The highest BCUT2D eigenvalue weighted by Gasteiger charge is 2.12. The van der Waals surface area contributed by atoms with E-state index < -0.39 is 17.6 Å². The first-order valence-electron chi connectivity index (χ1n) is 9.01. The van der Waals surface area contributed by atoms with Crippen molar-refractivity contribution < 1.29 is 18.7 Å². The summed E-state index contributed by atoms with van der Waals surface area (Å²) in [6, 6.07) is 13.8. The van der Waals surface area contributed by atoms with E-state index in [1.54, 1.807) is 24.3 Å². The maximum atomic E-state index is 13.0. The minimum Gasteiger partial charge on any atom is -0.491 e. The highest BCUT2D eigenvalue weighted by molar-refractivity contribution is 6.08. The van der Waals surface area contributed by atoms with Crippen LogP contribution in [0, 0.1) is 5.82 Å². The van der Waals surface area contributed by atoms with Gasteiger partial charge < -0.3 is 15.4 Å². The van der Waals surface area contributed by atoms with Crippen molar-refractivity contribution in [2.75, 3.05) is 10.6 Å². The third-order valence-electron chi connectivity index (χ3n) is 3.85. The van der Waals surface area contributed by atoms with E-state index in [4.69, 9.17) is 4.74 Å². The normalized spacial score (nSPS) is 10.5. The second-order valence-electron chi connectivity index (χ2n) is 6.57. The summed E-state index contributed by atoms with van der Waals surface area (Å²) in [7, 11) is 0. The predicted molar refractivity (Wildman–Crippen MR) is 109 cm³/mol. The Morgan fingerprint density at radius 1 is 0.862 bits per heavy atom. The lowest BCUT2D eigenvalue weighted by Crippen LogP contribution is -2.16. The number of carbonyl (C=O) groups is 2. The molecule has 2 N–H and O–H groups in total. The van der Waals surface area contributed by atoms with E-state index in [1.807, 2.05) is 13.8 Å². The van der Waals surface area contributed by atoms with E-state index >= 15 is 0 Å². The molecule has 0 radical (unpaired) electrons. The Kier molecular flexibility index (Phi) is 6.19. The zero-order valence-electron chi connectivity index (χ0n) is 16.0. The molecule has 0 fully saturated rings. The Balaban J connectivity index is 1.67. The van der Waals surface area contributed by atoms with Gasteiger partial charge in [-0.25, -0.2) is 4.39 Å². The molecule has 3 rings (SSSR count). The summed E-state index contributed by atoms with van der Waals surface area (Å²) >= 11 is 0. The number of pyridine rings is 1. The summed E-state index contributed by atoms with van der Waals surface area (Å²) in [5, 5.41) is 5.38. The smallest absolute Gasteiger partial charge is 0.257 e. The number of carbonyl (C=O) groups excluding carboxylic acids is 2. The summed E-state index contributed by atoms with van der Waals surface area (Å²) in [6.07, 6.45) is 2.79. The molecule has 0 saturated carbocycles. The zero-order valence-corrected chi connectivity index (χ0v) is 16.0. The number of aromatic nitrogens is 1. The van der Waals surface area contributed by atoms with Gasteiger partial charge in [-0.05, 0) is 68.4 Å². The van der Waals surface area contributed by atoms with Crippen LogP contribution in [-0.2, 0) is 0 Å². The third-order valence-corrected chi connectivity index (χ3v) is 3.85. The fraction of sp³-hybridized carbons (Fsp3) is 0.136. The number of anilines is 2. The Morgan fingerprint density at radius 2 is 1.34 bits per heavy atom. The zero-order chi connectivity index (χ0) is 20.8. The molecule has 0 aliphatic carbocycles. The van der Waals surface area contributed by atoms with E-state index in [0.717, 1.165) is 0 Å². The molecule has 0 bridgehead atoms. The number of ether oxygens (including phenoxy) is 1. The topological polar surface area (TPSA) is 80.3 Å². The van der Waals surface area contributed by atoms with Crippen LogP contribution in [0.5, 0.6) is 5.75 Å². The molecule has 2 aromatic carbocycles. The van der Waals surface area contributed by atoms with E-state index in [0.29, 0.717) is 17.1 Å². The molecule has 2 amide bonds. The van der Waals surface area contributed by atoms with Crippen LogP contribution in [0.4, 0.5) is 15.8 Å². The van der Waals surface area contributed by atoms with Crippen LogP contribution in [0.25, 0.3) is 0 Å². The SMILES string of the molecule is CC(C)Oc1ccc(NC(=O)c2cncc(C(=O)Nc3ccc(F)cc3)c2)cc1. The minimum atomic E-state index is -0.450. The average Bonchev–Trinajstić information content (AvgIpc) is 2.71. The lowest BCUT2D eigenvalue weighted by atomic mass is 10.1. The van der Waals surface area contributed by atoms with Crippen molar-refractivity contribution in [1.82, 2.24) is 4.98 Å². The fourth-order valence-corrected chi connectivity index (χ4v) is 2.52. The second-order valence-corrected chi connectivity index (χ2v) is 6.57. The molecule has 0 unspecified atom stereocenters. The quantitative estimate of drug-likeness (QED) is 0.646. The third kappa shape index (κ3) is 5.62. The molecule has 0 aliphatic rings. The molecular formula is C22H20FN3O3. The van der Waals surface area contributed by atoms with Crippen molar-refractivity contribution in [3.8, 4) is 5.75 Å². The number of amides is 2. The van der Waals surface area contributed by atoms with Crippen molar-refractivity contribution in [3.05, 3.63) is 83.9 Å². The van der Waals surface area contributed by atoms with Gasteiger partial charge in [-0.15, -0.1) is 0 Å². The molecule has 1 heterocycles. The van der Waals surface area contributed by atoms with Gasteiger partial charge in [0.25, 0.3) is 11.8 Å². The number of hydrogen-bond acceptors (Lipinski definition) is 4. The van der Waals surface area contributed by atoms with Gasteiger partial charge in [0.15, 0.2) is 0 Å². The summed E-state index contributed by atoms with van der Waals surface area (Å²) in [6.45, 7) is 3.86. The van der Waals surface area contributed by atoms with Crippen molar-refractivity contribution in [2.45, 2.75) is 20.0 Å². The lowest BCUT2D eigenvalue weighted by molar-refractivity contribution is 0.102. The number of halogens is 1. The summed E-state index contributed by atoms with van der Waals surface area (Å²) in [4.78, 5) is 28.8. The summed E-state index contributed by atoms with van der Waals surface area (Å²) in [5.74, 6) is -0.535. The first kappa shape index (κ1) is 20.0. The number of benzene rings is 2. The van der Waals surface area contributed by atoms with Crippen molar-refractivity contribution in [1.29, 1.82) is 0 Å². The van der Waals surface area contributed by atoms with Crippen LogP contribution < -0.4 is 15.4 Å². The van der Waals surface area contributed by atoms with Crippen molar-refractivity contribution >= 4 is 23.2 Å². The molecule has 7 heteroatoms. The van der Waals surface area contributed by atoms with Crippen LogP contribution in [0.2, 0.25) is 0 Å². The van der Waals surface area contributed by atoms with Crippen molar-refractivity contribution in [3.63, 3.8) is 0 Å². The fourth-order valence-electron chi connectivity index (χ4n) is 2.52. The first-order valence-corrected chi connectivity index (χ1v) is 9.01. The van der Waals surface area contributed by atoms with E-state index in [1.165, 1.54) is 42.7 Å². The van der Waals surface area contributed by atoms with Gasteiger partial charge in [0.1, 0.15) is 11.6 Å². The Morgan fingerprint density at radius 3 is 1.83 bits per heavy atom. The number of hydrogen-bond donors (Lipinski definition) is 2. The van der Waals surface area contributed by atoms with Gasteiger partial charge in [0.05, 0.1) is 17.2 Å². The summed E-state index contributed by atoms with van der Waals surface area (Å²) < 4.78 is 18.5. The monoisotopic (exact) mass is 393 g/mol. The average molecular weight is 393 g/mol. The Labute approximate surface area is 167 Å². The number of nitrogens with zero attached hydrogens (tertiary/aromatic N) is 1. The summed E-state index contributed by atoms with van der Waals surface area (Å²) in [5.41, 5.74) is 1.48. The highest BCUT2D eigenvalue weighted by Crippen LogP contribution is 2.18. The van der Waals surface area contributed by atoms with Crippen LogP contribution in [0.1, 0.15) is 34.6 Å². The lowest BCUT2D eigenvalue weighted by Gasteiger charge is -2.11. The van der Waals surface area contributed by atoms with Gasteiger partial charge in [-0.3, -0.25) is 14.6 Å². The van der Waals surface area contributed by atoms with E-state index in [-0.39, 0.29) is 17.2 Å². The van der Waals surface area contributed by atoms with Gasteiger partial charge in [0.2, 0.25) is 0 Å². The Bertz CT molecular complexity index is 1000. The van der Waals surface area contributed by atoms with Crippen LogP contribution in [0.15, 0.2) is 67.0 Å². The van der Waals surface area contributed by atoms with Crippen LogP contribution in [0.3, 0.4) is 0 Å². The molecule has 0 aliphatic heterocycles.